The number of rotatable bonds is 3. The van der Waals surface area contributed by atoms with E-state index in [4.69, 9.17) is 4.98 Å². The highest BCUT2D eigenvalue weighted by Gasteiger charge is 2.17. The van der Waals surface area contributed by atoms with Crippen LogP contribution in [-0.4, -0.2) is 14.1 Å². The molecule has 5 aromatic carbocycles. The molecule has 0 aliphatic carbocycles. The molecule has 0 saturated carbocycles. The van der Waals surface area contributed by atoms with Gasteiger partial charge in [0.1, 0.15) is 0 Å². The summed E-state index contributed by atoms with van der Waals surface area (Å²) < 4.78 is 4.79. The van der Waals surface area contributed by atoms with Crippen molar-refractivity contribution >= 4 is 43.6 Å². The lowest BCUT2D eigenvalue weighted by Crippen LogP contribution is -2.01. The van der Waals surface area contributed by atoms with E-state index in [1.807, 2.05) is 12.3 Å². The van der Waals surface area contributed by atoms with Crippen molar-refractivity contribution in [3.8, 4) is 22.6 Å². The third kappa shape index (κ3) is 3.27. The molecule has 0 radical (unpaired) electrons. The minimum atomic E-state index is 1.00. The minimum Gasteiger partial charge on any atom is -0.309 e. The Labute approximate surface area is 226 Å². The Morgan fingerprint density at radius 1 is 0.462 bits per heavy atom. The average Bonchev–Trinajstić information content (AvgIpc) is 3.50. The standard InChI is InChI=1S/C36H25N3/c1-24-11-10-20-37-36(24)25-21-26(38-32-16-6-2-12-28(32)29-13-3-7-17-33(29)38)23-27(22-25)39-34-18-8-4-14-30(34)31-15-5-9-19-35(31)39/h2-23H,1H3. The molecule has 3 heteroatoms. The van der Waals surface area contributed by atoms with E-state index >= 15 is 0 Å². The van der Waals surface area contributed by atoms with Gasteiger partial charge in [-0.15, -0.1) is 0 Å². The molecule has 0 saturated heterocycles. The van der Waals surface area contributed by atoms with Crippen LogP contribution in [0.5, 0.6) is 0 Å². The first kappa shape index (κ1) is 21.9. The van der Waals surface area contributed by atoms with E-state index < -0.39 is 0 Å². The monoisotopic (exact) mass is 499 g/mol. The largest absolute Gasteiger partial charge is 0.309 e. The zero-order valence-corrected chi connectivity index (χ0v) is 21.5. The van der Waals surface area contributed by atoms with Gasteiger partial charge in [-0.2, -0.15) is 0 Å². The first-order valence-corrected chi connectivity index (χ1v) is 13.3. The van der Waals surface area contributed by atoms with Gasteiger partial charge in [0, 0.05) is 44.7 Å². The highest BCUT2D eigenvalue weighted by molar-refractivity contribution is 6.10. The Kier molecular flexibility index (Phi) is 4.74. The lowest BCUT2D eigenvalue weighted by atomic mass is 10.0. The van der Waals surface area contributed by atoms with E-state index in [0.717, 1.165) is 28.2 Å². The highest BCUT2D eigenvalue weighted by Crippen LogP contribution is 2.37. The molecule has 0 bridgehead atoms. The molecule has 0 N–H and O–H groups in total. The van der Waals surface area contributed by atoms with Crippen LogP contribution in [0.2, 0.25) is 0 Å². The van der Waals surface area contributed by atoms with Gasteiger partial charge in [-0.3, -0.25) is 4.98 Å². The predicted molar refractivity (Wildman–Crippen MR) is 163 cm³/mol. The molecule has 8 aromatic rings. The second kappa shape index (κ2) is 8.44. The Balaban J connectivity index is 1.52. The SMILES string of the molecule is Cc1cccnc1-c1cc(-n2c3ccccc3c3ccccc32)cc(-n2c3ccccc3c3ccccc32)c1. The molecule has 0 aliphatic rings. The van der Waals surface area contributed by atoms with E-state index in [1.165, 1.54) is 43.6 Å². The van der Waals surface area contributed by atoms with Crippen LogP contribution in [0.25, 0.3) is 66.2 Å². The molecule has 0 amide bonds. The lowest BCUT2D eigenvalue weighted by Gasteiger charge is -2.16. The van der Waals surface area contributed by atoms with Gasteiger partial charge in [-0.05, 0) is 61.0 Å². The Hall–Kier alpha value is -5.15. The average molecular weight is 500 g/mol. The molecule has 0 unspecified atom stereocenters. The second-order valence-corrected chi connectivity index (χ2v) is 10.1. The number of hydrogen-bond acceptors (Lipinski definition) is 1. The third-order valence-corrected chi connectivity index (χ3v) is 7.86. The summed E-state index contributed by atoms with van der Waals surface area (Å²) in [6, 6.07) is 45.7. The molecule has 3 heterocycles. The maximum atomic E-state index is 4.82. The van der Waals surface area contributed by atoms with Crippen molar-refractivity contribution in [3.05, 3.63) is 139 Å². The number of para-hydroxylation sites is 4. The number of pyridine rings is 1. The number of nitrogens with zero attached hydrogens (tertiary/aromatic N) is 3. The molecule has 39 heavy (non-hydrogen) atoms. The molecule has 0 aliphatic heterocycles. The van der Waals surface area contributed by atoms with Crippen LogP contribution in [0, 0.1) is 6.92 Å². The fourth-order valence-electron chi connectivity index (χ4n) is 6.18. The van der Waals surface area contributed by atoms with Crippen LogP contribution in [0.15, 0.2) is 134 Å². The van der Waals surface area contributed by atoms with E-state index in [0.29, 0.717) is 0 Å². The normalized spacial score (nSPS) is 11.7. The van der Waals surface area contributed by atoms with Gasteiger partial charge in [0.2, 0.25) is 0 Å². The summed E-state index contributed by atoms with van der Waals surface area (Å²) in [6.07, 6.45) is 1.88. The fourth-order valence-corrected chi connectivity index (χ4v) is 6.18. The zero-order valence-electron chi connectivity index (χ0n) is 21.5. The van der Waals surface area contributed by atoms with Crippen molar-refractivity contribution in [1.82, 2.24) is 14.1 Å². The van der Waals surface area contributed by atoms with E-state index in [2.05, 4.69) is 137 Å². The minimum absolute atomic E-state index is 1.00. The summed E-state index contributed by atoms with van der Waals surface area (Å²) >= 11 is 0. The molecular weight excluding hydrogens is 474 g/mol. The maximum absolute atomic E-state index is 4.82. The molecule has 3 aromatic heterocycles. The Morgan fingerprint density at radius 3 is 1.28 bits per heavy atom. The summed E-state index contributed by atoms with van der Waals surface area (Å²) in [5.41, 5.74) is 10.3. The summed E-state index contributed by atoms with van der Waals surface area (Å²) in [6.45, 7) is 2.13. The van der Waals surface area contributed by atoms with Crippen molar-refractivity contribution in [2.75, 3.05) is 0 Å². The first-order valence-electron chi connectivity index (χ1n) is 13.3. The quantitative estimate of drug-likeness (QED) is 0.237. The van der Waals surface area contributed by atoms with Gasteiger partial charge in [-0.25, -0.2) is 0 Å². The number of aryl methyl sites for hydroxylation is 1. The summed E-state index contributed by atoms with van der Waals surface area (Å²) in [4.78, 5) is 4.82. The van der Waals surface area contributed by atoms with Crippen LogP contribution in [0.4, 0.5) is 0 Å². The molecule has 3 nitrogen and oxygen atoms in total. The van der Waals surface area contributed by atoms with Crippen LogP contribution >= 0.6 is 0 Å². The van der Waals surface area contributed by atoms with E-state index in [-0.39, 0.29) is 0 Å². The van der Waals surface area contributed by atoms with Crippen molar-refractivity contribution < 1.29 is 0 Å². The predicted octanol–water partition coefficient (Wildman–Crippen LogP) is 9.25. The first-order chi connectivity index (χ1) is 19.3. The van der Waals surface area contributed by atoms with Gasteiger partial charge in [0.15, 0.2) is 0 Å². The van der Waals surface area contributed by atoms with Gasteiger partial charge >= 0.3 is 0 Å². The number of fused-ring (bicyclic) bond motifs is 6. The van der Waals surface area contributed by atoms with Crippen molar-refractivity contribution in [1.29, 1.82) is 0 Å². The van der Waals surface area contributed by atoms with Gasteiger partial charge in [0.25, 0.3) is 0 Å². The van der Waals surface area contributed by atoms with Gasteiger partial charge in [0.05, 0.1) is 27.8 Å². The smallest absolute Gasteiger partial charge is 0.0732 e. The zero-order chi connectivity index (χ0) is 25.9. The number of benzene rings is 5. The van der Waals surface area contributed by atoms with Gasteiger partial charge < -0.3 is 9.13 Å². The number of aromatic nitrogens is 3. The molecule has 0 spiro atoms. The maximum Gasteiger partial charge on any atom is 0.0732 e. The van der Waals surface area contributed by atoms with E-state index in [1.54, 1.807) is 0 Å². The van der Waals surface area contributed by atoms with Crippen LogP contribution in [-0.2, 0) is 0 Å². The van der Waals surface area contributed by atoms with Crippen molar-refractivity contribution in [2.24, 2.45) is 0 Å². The molecular formula is C36H25N3. The highest BCUT2D eigenvalue weighted by atomic mass is 15.0. The molecule has 0 atom stereocenters. The van der Waals surface area contributed by atoms with Crippen molar-refractivity contribution in [2.45, 2.75) is 6.92 Å². The lowest BCUT2D eigenvalue weighted by molar-refractivity contribution is 1.13. The Bertz CT molecular complexity index is 1960. The summed E-state index contributed by atoms with van der Waals surface area (Å²) in [7, 11) is 0. The van der Waals surface area contributed by atoms with Gasteiger partial charge in [-0.1, -0.05) is 78.9 Å². The van der Waals surface area contributed by atoms with Crippen LogP contribution in [0.1, 0.15) is 5.56 Å². The molecule has 0 fully saturated rings. The Morgan fingerprint density at radius 2 is 0.872 bits per heavy atom. The number of hydrogen-bond donors (Lipinski definition) is 0. The van der Waals surface area contributed by atoms with Crippen LogP contribution < -0.4 is 0 Å². The fraction of sp³-hybridized carbons (Fsp3) is 0.0278. The van der Waals surface area contributed by atoms with E-state index in [9.17, 15) is 0 Å². The third-order valence-electron chi connectivity index (χ3n) is 7.86. The second-order valence-electron chi connectivity index (χ2n) is 10.1. The van der Waals surface area contributed by atoms with Crippen molar-refractivity contribution in [3.63, 3.8) is 0 Å². The van der Waals surface area contributed by atoms with Crippen LogP contribution in [0.3, 0.4) is 0 Å². The molecule has 184 valence electrons. The summed E-state index contributed by atoms with van der Waals surface area (Å²) in [5, 5.41) is 5.02. The topological polar surface area (TPSA) is 22.8 Å². The summed E-state index contributed by atoms with van der Waals surface area (Å²) in [5.74, 6) is 0. The molecule has 8 rings (SSSR count).